The molecule has 1 aliphatic rings. The van der Waals surface area contributed by atoms with E-state index in [2.05, 4.69) is 57.8 Å². The van der Waals surface area contributed by atoms with Crippen LogP contribution >= 0.6 is 39.0 Å². The number of fused-ring (bicyclic) bond motifs is 1. The standard InChI is InChI=1S/C16H18BrNOS2/c1-2-8-18-15(16-11(17)7-9-20-16)13-10-21-14-6-4-3-5-12(14)19-13/h3-7,9,13,15,18H,2,8,10H2,1H3. The molecular weight excluding hydrogens is 366 g/mol. The molecule has 3 rings (SSSR count). The fourth-order valence-corrected chi connectivity index (χ4v) is 5.20. The highest BCUT2D eigenvalue weighted by Crippen LogP contribution is 2.40. The number of hydrogen-bond acceptors (Lipinski definition) is 4. The van der Waals surface area contributed by atoms with Crippen molar-refractivity contribution in [2.45, 2.75) is 30.4 Å². The van der Waals surface area contributed by atoms with Crippen molar-refractivity contribution >= 4 is 39.0 Å². The number of hydrogen-bond donors (Lipinski definition) is 1. The third-order valence-electron chi connectivity index (χ3n) is 3.44. The van der Waals surface area contributed by atoms with E-state index >= 15 is 0 Å². The number of para-hydroxylation sites is 1. The first kappa shape index (κ1) is 15.4. The van der Waals surface area contributed by atoms with E-state index in [0.29, 0.717) is 0 Å². The van der Waals surface area contributed by atoms with Gasteiger partial charge in [0.05, 0.1) is 6.04 Å². The highest BCUT2D eigenvalue weighted by molar-refractivity contribution is 9.10. The largest absolute Gasteiger partial charge is 0.486 e. The highest BCUT2D eigenvalue weighted by Gasteiger charge is 2.30. The van der Waals surface area contributed by atoms with Gasteiger partial charge >= 0.3 is 0 Å². The summed E-state index contributed by atoms with van der Waals surface area (Å²) in [7, 11) is 0. The summed E-state index contributed by atoms with van der Waals surface area (Å²) in [4.78, 5) is 2.57. The molecule has 0 saturated heterocycles. The zero-order valence-corrected chi connectivity index (χ0v) is 15.1. The predicted octanol–water partition coefficient (Wildman–Crippen LogP) is 5.10. The van der Waals surface area contributed by atoms with Crippen LogP contribution in [0.4, 0.5) is 0 Å². The van der Waals surface area contributed by atoms with Gasteiger partial charge in [-0.2, -0.15) is 0 Å². The van der Waals surface area contributed by atoms with E-state index in [0.717, 1.165) is 24.5 Å². The molecule has 2 atom stereocenters. The number of ether oxygens (including phenoxy) is 1. The molecular formula is C16H18BrNOS2. The number of halogens is 1. The summed E-state index contributed by atoms with van der Waals surface area (Å²) >= 11 is 7.34. The van der Waals surface area contributed by atoms with Gasteiger partial charge < -0.3 is 10.1 Å². The Labute approximate surface area is 142 Å². The molecule has 1 aromatic carbocycles. The monoisotopic (exact) mass is 383 g/mol. The van der Waals surface area contributed by atoms with Crippen LogP contribution in [-0.4, -0.2) is 18.4 Å². The number of thiophene rings is 1. The number of thioether (sulfide) groups is 1. The van der Waals surface area contributed by atoms with E-state index in [9.17, 15) is 0 Å². The first-order valence-electron chi connectivity index (χ1n) is 7.14. The van der Waals surface area contributed by atoms with Crippen molar-refractivity contribution in [3.63, 3.8) is 0 Å². The van der Waals surface area contributed by atoms with Crippen LogP contribution in [0.2, 0.25) is 0 Å². The molecule has 0 radical (unpaired) electrons. The lowest BCUT2D eigenvalue weighted by Gasteiger charge is -2.32. The summed E-state index contributed by atoms with van der Waals surface area (Å²) in [5.41, 5.74) is 0. The van der Waals surface area contributed by atoms with Crippen LogP contribution in [0, 0.1) is 0 Å². The molecule has 112 valence electrons. The number of rotatable bonds is 5. The van der Waals surface area contributed by atoms with E-state index in [1.165, 1.54) is 14.2 Å². The van der Waals surface area contributed by atoms with Gasteiger partial charge in [-0.15, -0.1) is 23.1 Å². The van der Waals surface area contributed by atoms with Gasteiger partial charge in [-0.1, -0.05) is 19.1 Å². The second-order valence-corrected chi connectivity index (χ2v) is 7.84. The average Bonchev–Trinajstić information content (AvgIpc) is 2.94. The van der Waals surface area contributed by atoms with Crippen molar-refractivity contribution in [1.29, 1.82) is 0 Å². The van der Waals surface area contributed by atoms with Crippen LogP contribution < -0.4 is 10.1 Å². The van der Waals surface area contributed by atoms with Crippen LogP contribution in [-0.2, 0) is 0 Å². The lowest BCUT2D eigenvalue weighted by atomic mass is 10.1. The van der Waals surface area contributed by atoms with Crippen molar-refractivity contribution in [3.05, 3.63) is 45.1 Å². The van der Waals surface area contributed by atoms with Crippen LogP contribution in [0.5, 0.6) is 5.75 Å². The molecule has 0 saturated carbocycles. The van der Waals surface area contributed by atoms with Gasteiger partial charge in [0, 0.05) is 20.0 Å². The van der Waals surface area contributed by atoms with Gasteiger partial charge in [-0.05, 0) is 52.5 Å². The van der Waals surface area contributed by atoms with Gasteiger partial charge in [0.15, 0.2) is 0 Å². The third-order valence-corrected chi connectivity index (χ3v) is 6.54. The van der Waals surface area contributed by atoms with Crippen LogP contribution in [0.25, 0.3) is 0 Å². The Hall–Kier alpha value is -0.490. The van der Waals surface area contributed by atoms with Crippen molar-refractivity contribution in [3.8, 4) is 5.75 Å². The SMILES string of the molecule is CCCNC(c1sccc1Br)C1CSc2ccccc2O1. The Morgan fingerprint density at radius 2 is 2.24 bits per heavy atom. The van der Waals surface area contributed by atoms with Gasteiger partial charge in [-0.25, -0.2) is 0 Å². The van der Waals surface area contributed by atoms with Crippen molar-refractivity contribution < 1.29 is 4.74 Å². The molecule has 0 spiro atoms. The van der Waals surface area contributed by atoms with E-state index in [4.69, 9.17) is 4.74 Å². The van der Waals surface area contributed by atoms with Crippen molar-refractivity contribution in [2.24, 2.45) is 0 Å². The first-order chi connectivity index (χ1) is 10.3. The highest BCUT2D eigenvalue weighted by atomic mass is 79.9. The fraction of sp³-hybridized carbons (Fsp3) is 0.375. The number of benzene rings is 1. The Balaban J connectivity index is 1.83. The predicted molar refractivity (Wildman–Crippen MR) is 94.6 cm³/mol. The quantitative estimate of drug-likeness (QED) is 0.775. The van der Waals surface area contributed by atoms with Gasteiger partial charge in [0.2, 0.25) is 0 Å². The lowest BCUT2D eigenvalue weighted by molar-refractivity contribution is 0.168. The molecule has 2 unspecified atom stereocenters. The van der Waals surface area contributed by atoms with E-state index in [-0.39, 0.29) is 12.1 Å². The van der Waals surface area contributed by atoms with Crippen LogP contribution in [0.15, 0.2) is 45.1 Å². The summed E-state index contributed by atoms with van der Waals surface area (Å²) in [6, 6.07) is 10.7. The first-order valence-corrected chi connectivity index (χ1v) is 9.80. The summed E-state index contributed by atoms with van der Waals surface area (Å²) in [5, 5.41) is 5.78. The normalized spacial score (nSPS) is 18.9. The van der Waals surface area contributed by atoms with Gasteiger partial charge in [0.1, 0.15) is 11.9 Å². The second kappa shape index (κ2) is 7.18. The molecule has 0 fully saturated rings. The Bertz CT molecular complexity index is 601. The molecule has 2 heterocycles. The molecule has 1 aliphatic heterocycles. The Morgan fingerprint density at radius 1 is 1.38 bits per heavy atom. The molecule has 0 amide bonds. The summed E-state index contributed by atoms with van der Waals surface area (Å²) in [6.07, 6.45) is 1.28. The van der Waals surface area contributed by atoms with Crippen molar-refractivity contribution in [1.82, 2.24) is 5.32 Å². The molecule has 1 N–H and O–H groups in total. The van der Waals surface area contributed by atoms with Crippen molar-refractivity contribution in [2.75, 3.05) is 12.3 Å². The Morgan fingerprint density at radius 3 is 3.00 bits per heavy atom. The topological polar surface area (TPSA) is 21.3 Å². The third kappa shape index (κ3) is 3.47. The molecule has 0 bridgehead atoms. The van der Waals surface area contributed by atoms with Crippen LogP contribution in [0.3, 0.4) is 0 Å². The minimum Gasteiger partial charge on any atom is -0.486 e. The lowest BCUT2D eigenvalue weighted by Crippen LogP contribution is -2.39. The maximum absolute atomic E-state index is 6.27. The van der Waals surface area contributed by atoms with Gasteiger partial charge in [0.25, 0.3) is 0 Å². The smallest absolute Gasteiger partial charge is 0.133 e. The van der Waals surface area contributed by atoms with E-state index in [1.54, 1.807) is 11.3 Å². The van der Waals surface area contributed by atoms with E-state index < -0.39 is 0 Å². The second-order valence-electron chi connectivity index (χ2n) is 4.98. The Kier molecular flexibility index (Phi) is 5.27. The minimum absolute atomic E-state index is 0.159. The van der Waals surface area contributed by atoms with E-state index in [1.807, 2.05) is 17.8 Å². The maximum atomic E-state index is 6.27. The zero-order valence-electron chi connectivity index (χ0n) is 11.8. The fourth-order valence-electron chi connectivity index (χ4n) is 2.42. The zero-order chi connectivity index (χ0) is 14.7. The molecule has 0 aliphatic carbocycles. The van der Waals surface area contributed by atoms with Crippen LogP contribution in [0.1, 0.15) is 24.3 Å². The molecule has 5 heteroatoms. The van der Waals surface area contributed by atoms with Gasteiger partial charge in [-0.3, -0.25) is 0 Å². The number of nitrogens with one attached hydrogen (secondary N) is 1. The molecule has 1 aromatic heterocycles. The molecule has 2 nitrogen and oxygen atoms in total. The summed E-state index contributed by atoms with van der Waals surface area (Å²) in [6.45, 7) is 3.19. The maximum Gasteiger partial charge on any atom is 0.133 e. The average molecular weight is 384 g/mol. The molecule has 2 aromatic rings. The minimum atomic E-state index is 0.159. The summed E-state index contributed by atoms with van der Waals surface area (Å²) < 4.78 is 7.45. The summed E-state index contributed by atoms with van der Waals surface area (Å²) in [5.74, 6) is 1.98. The molecule has 21 heavy (non-hydrogen) atoms.